The standard InChI is InChI=1S/C11H14F2N2O2/c1-15(5-6-17-2)11(16)14-8-3-4-9(12)10(13)7-8/h3-4,7H,5-6H2,1-2H3,(H,14,16). The van der Waals surface area contributed by atoms with Crippen molar-refractivity contribution in [1.82, 2.24) is 4.90 Å². The first-order valence-corrected chi connectivity index (χ1v) is 5.00. The number of carbonyl (C=O) groups excluding carboxylic acids is 1. The molecule has 0 aliphatic carbocycles. The number of benzene rings is 1. The van der Waals surface area contributed by atoms with Crippen LogP contribution in [0.4, 0.5) is 19.3 Å². The summed E-state index contributed by atoms with van der Waals surface area (Å²) in [6.45, 7) is 0.813. The number of hydrogen-bond acceptors (Lipinski definition) is 2. The molecule has 0 fully saturated rings. The third-order valence-corrected chi connectivity index (χ3v) is 2.15. The van der Waals surface area contributed by atoms with E-state index in [4.69, 9.17) is 4.74 Å². The van der Waals surface area contributed by atoms with Crippen molar-refractivity contribution >= 4 is 11.7 Å². The topological polar surface area (TPSA) is 41.6 Å². The fourth-order valence-electron chi connectivity index (χ4n) is 1.12. The maximum atomic E-state index is 12.9. The van der Waals surface area contributed by atoms with E-state index in [-0.39, 0.29) is 5.69 Å². The molecular weight excluding hydrogens is 230 g/mol. The number of anilines is 1. The van der Waals surface area contributed by atoms with Gasteiger partial charge in [-0.25, -0.2) is 13.6 Å². The van der Waals surface area contributed by atoms with Gasteiger partial charge in [-0.05, 0) is 12.1 Å². The Morgan fingerprint density at radius 1 is 1.41 bits per heavy atom. The molecule has 1 N–H and O–H groups in total. The van der Waals surface area contributed by atoms with E-state index in [9.17, 15) is 13.6 Å². The van der Waals surface area contributed by atoms with Gasteiger partial charge in [-0.15, -0.1) is 0 Å². The third-order valence-electron chi connectivity index (χ3n) is 2.15. The average Bonchev–Trinajstić information content (AvgIpc) is 2.30. The molecule has 0 aromatic heterocycles. The lowest BCUT2D eigenvalue weighted by molar-refractivity contribution is 0.165. The number of likely N-dealkylation sites (N-methyl/N-ethyl adjacent to an activating group) is 1. The third kappa shape index (κ3) is 3.99. The van der Waals surface area contributed by atoms with Crippen LogP contribution in [-0.2, 0) is 4.74 Å². The molecule has 1 aromatic carbocycles. The molecule has 0 saturated carbocycles. The number of halogens is 2. The highest BCUT2D eigenvalue weighted by molar-refractivity contribution is 5.89. The SMILES string of the molecule is COCCN(C)C(=O)Nc1ccc(F)c(F)c1. The first-order chi connectivity index (χ1) is 8.04. The van der Waals surface area contributed by atoms with Gasteiger partial charge >= 0.3 is 6.03 Å². The molecule has 0 radical (unpaired) electrons. The Balaban J connectivity index is 2.58. The molecule has 1 aromatic rings. The van der Waals surface area contributed by atoms with Gasteiger partial charge < -0.3 is 15.0 Å². The first kappa shape index (κ1) is 13.4. The first-order valence-electron chi connectivity index (χ1n) is 5.00. The van der Waals surface area contributed by atoms with Crippen molar-refractivity contribution < 1.29 is 18.3 Å². The van der Waals surface area contributed by atoms with Crippen molar-refractivity contribution in [3.05, 3.63) is 29.8 Å². The van der Waals surface area contributed by atoms with E-state index in [0.717, 1.165) is 12.1 Å². The smallest absolute Gasteiger partial charge is 0.321 e. The van der Waals surface area contributed by atoms with Crippen LogP contribution in [0.25, 0.3) is 0 Å². The van der Waals surface area contributed by atoms with Crippen LogP contribution in [0.15, 0.2) is 18.2 Å². The highest BCUT2D eigenvalue weighted by Gasteiger charge is 2.09. The summed E-state index contributed by atoms with van der Waals surface area (Å²) in [4.78, 5) is 12.9. The number of urea groups is 1. The molecule has 0 bridgehead atoms. The van der Waals surface area contributed by atoms with Crippen molar-refractivity contribution in [2.75, 3.05) is 32.6 Å². The lowest BCUT2D eigenvalue weighted by Crippen LogP contribution is -2.33. The lowest BCUT2D eigenvalue weighted by atomic mass is 10.3. The zero-order valence-corrected chi connectivity index (χ0v) is 9.67. The summed E-state index contributed by atoms with van der Waals surface area (Å²) in [6.07, 6.45) is 0. The van der Waals surface area contributed by atoms with Crippen LogP contribution < -0.4 is 5.32 Å². The average molecular weight is 244 g/mol. The number of nitrogens with zero attached hydrogens (tertiary/aromatic N) is 1. The maximum absolute atomic E-state index is 12.9. The van der Waals surface area contributed by atoms with E-state index in [0.29, 0.717) is 13.2 Å². The van der Waals surface area contributed by atoms with Crippen LogP contribution in [0, 0.1) is 11.6 Å². The van der Waals surface area contributed by atoms with Crippen LogP contribution in [0.1, 0.15) is 0 Å². The second-order valence-electron chi connectivity index (χ2n) is 3.47. The molecule has 0 atom stereocenters. The molecule has 0 aliphatic heterocycles. The Kier molecular flexibility index (Phi) is 4.84. The Bertz CT molecular complexity index is 399. The number of amides is 2. The highest BCUT2D eigenvalue weighted by atomic mass is 19.2. The fourth-order valence-corrected chi connectivity index (χ4v) is 1.12. The Morgan fingerprint density at radius 2 is 2.12 bits per heavy atom. The lowest BCUT2D eigenvalue weighted by Gasteiger charge is -2.17. The second kappa shape index (κ2) is 6.15. The van der Waals surface area contributed by atoms with E-state index in [2.05, 4.69) is 5.32 Å². The molecule has 0 aliphatic rings. The number of carbonyl (C=O) groups is 1. The minimum absolute atomic E-state index is 0.207. The van der Waals surface area contributed by atoms with E-state index in [1.807, 2.05) is 0 Å². The number of nitrogens with one attached hydrogen (secondary N) is 1. The largest absolute Gasteiger partial charge is 0.383 e. The predicted octanol–water partition coefficient (Wildman–Crippen LogP) is 2.07. The zero-order chi connectivity index (χ0) is 12.8. The molecule has 17 heavy (non-hydrogen) atoms. The molecule has 4 nitrogen and oxygen atoms in total. The van der Waals surface area contributed by atoms with Gasteiger partial charge in [0.1, 0.15) is 0 Å². The van der Waals surface area contributed by atoms with Gasteiger partial charge in [0.2, 0.25) is 0 Å². The molecule has 2 amide bonds. The summed E-state index contributed by atoms with van der Waals surface area (Å²) in [6, 6.07) is 2.77. The van der Waals surface area contributed by atoms with Crippen LogP contribution >= 0.6 is 0 Å². The number of methoxy groups -OCH3 is 1. The minimum atomic E-state index is -0.998. The molecule has 6 heteroatoms. The van der Waals surface area contributed by atoms with Crippen LogP contribution in [0.3, 0.4) is 0 Å². The Morgan fingerprint density at radius 3 is 2.71 bits per heavy atom. The van der Waals surface area contributed by atoms with Crippen molar-refractivity contribution in [3.63, 3.8) is 0 Å². The van der Waals surface area contributed by atoms with Gasteiger partial charge in [0.15, 0.2) is 11.6 Å². The number of ether oxygens (including phenoxy) is 1. The molecule has 94 valence electrons. The van der Waals surface area contributed by atoms with Crippen molar-refractivity contribution in [1.29, 1.82) is 0 Å². The number of rotatable bonds is 4. The molecule has 0 unspecified atom stereocenters. The molecule has 0 saturated heterocycles. The van der Waals surface area contributed by atoms with Crippen molar-refractivity contribution in [2.24, 2.45) is 0 Å². The quantitative estimate of drug-likeness (QED) is 0.881. The summed E-state index contributed by atoms with van der Waals surface area (Å²) in [5, 5.41) is 2.44. The van der Waals surface area contributed by atoms with Gasteiger partial charge in [-0.2, -0.15) is 0 Å². The maximum Gasteiger partial charge on any atom is 0.321 e. The summed E-state index contributed by atoms with van der Waals surface area (Å²) in [7, 11) is 3.11. The summed E-state index contributed by atoms with van der Waals surface area (Å²) in [5.74, 6) is -1.95. The second-order valence-corrected chi connectivity index (χ2v) is 3.47. The normalized spacial score (nSPS) is 10.1. The summed E-state index contributed by atoms with van der Waals surface area (Å²) in [5.41, 5.74) is 0.207. The summed E-state index contributed by atoms with van der Waals surface area (Å²) >= 11 is 0. The van der Waals surface area contributed by atoms with E-state index >= 15 is 0 Å². The van der Waals surface area contributed by atoms with Crippen LogP contribution in [0.5, 0.6) is 0 Å². The Labute approximate surface area is 98.2 Å². The van der Waals surface area contributed by atoms with E-state index in [1.54, 1.807) is 7.05 Å². The molecular formula is C11H14F2N2O2. The van der Waals surface area contributed by atoms with Crippen molar-refractivity contribution in [3.8, 4) is 0 Å². The Hall–Kier alpha value is -1.69. The number of hydrogen-bond donors (Lipinski definition) is 1. The fraction of sp³-hybridized carbons (Fsp3) is 0.364. The van der Waals surface area contributed by atoms with Gasteiger partial charge in [0.25, 0.3) is 0 Å². The van der Waals surface area contributed by atoms with Gasteiger partial charge in [0, 0.05) is 32.5 Å². The van der Waals surface area contributed by atoms with Crippen molar-refractivity contribution in [2.45, 2.75) is 0 Å². The van der Waals surface area contributed by atoms with E-state index in [1.165, 1.54) is 18.1 Å². The van der Waals surface area contributed by atoms with Gasteiger partial charge in [-0.3, -0.25) is 0 Å². The van der Waals surface area contributed by atoms with E-state index < -0.39 is 17.7 Å². The highest BCUT2D eigenvalue weighted by Crippen LogP contribution is 2.13. The van der Waals surface area contributed by atoms with Gasteiger partial charge in [-0.1, -0.05) is 0 Å². The summed E-state index contributed by atoms with van der Waals surface area (Å²) < 4.78 is 30.3. The monoisotopic (exact) mass is 244 g/mol. The van der Waals surface area contributed by atoms with Gasteiger partial charge in [0.05, 0.1) is 6.61 Å². The predicted molar refractivity (Wildman–Crippen MR) is 59.9 cm³/mol. The van der Waals surface area contributed by atoms with Crippen LogP contribution in [-0.4, -0.2) is 38.2 Å². The zero-order valence-electron chi connectivity index (χ0n) is 9.67. The minimum Gasteiger partial charge on any atom is -0.383 e. The molecule has 0 heterocycles. The molecule has 1 rings (SSSR count). The van der Waals surface area contributed by atoms with Crippen LogP contribution in [0.2, 0.25) is 0 Å². The molecule has 0 spiro atoms.